The first-order valence-electron chi connectivity index (χ1n) is 5.33. The van der Waals surface area contributed by atoms with E-state index in [9.17, 15) is 14.9 Å². The van der Waals surface area contributed by atoms with Crippen LogP contribution < -0.4 is 5.32 Å². The van der Waals surface area contributed by atoms with E-state index in [1.165, 1.54) is 6.07 Å². The normalized spacial score (nSPS) is 11.0. The molecule has 92 valence electrons. The molecule has 0 saturated carbocycles. The highest BCUT2D eigenvalue weighted by Crippen LogP contribution is 2.18. The molecule has 0 aliphatic carbocycles. The molecule has 0 atom stereocenters. The van der Waals surface area contributed by atoms with E-state index in [4.69, 9.17) is 0 Å². The van der Waals surface area contributed by atoms with Crippen molar-refractivity contribution in [3.63, 3.8) is 0 Å². The number of nitro benzene ring substituents is 1. The number of benzene rings is 1. The number of hydrogen-bond acceptors (Lipinski definition) is 3. The maximum atomic E-state index is 11.6. The number of nitro groups is 1. The molecule has 1 aromatic rings. The maximum Gasteiger partial charge on any atom is 0.274 e. The van der Waals surface area contributed by atoms with Gasteiger partial charge in [0.25, 0.3) is 5.69 Å². The lowest BCUT2D eigenvalue weighted by Gasteiger charge is -2.17. The Labute approximate surface area is 100.0 Å². The molecule has 0 bridgehead atoms. The molecule has 0 fully saturated rings. The Bertz CT molecular complexity index is 436. The maximum absolute atomic E-state index is 11.6. The van der Waals surface area contributed by atoms with Gasteiger partial charge >= 0.3 is 0 Å². The van der Waals surface area contributed by atoms with E-state index in [0.29, 0.717) is 5.56 Å². The largest absolute Gasteiger partial charge is 0.351 e. The molecule has 1 aromatic carbocycles. The highest BCUT2D eigenvalue weighted by molar-refractivity contribution is 5.81. The molecule has 5 nitrogen and oxygen atoms in total. The zero-order valence-electron chi connectivity index (χ0n) is 10.2. The van der Waals surface area contributed by atoms with Gasteiger partial charge in [-0.3, -0.25) is 14.9 Å². The molecule has 0 aromatic heterocycles. The average molecular weight is 236 g/mol. The number of rotatable bonds is 3. The monoisotopic (exact) mass is 236 g/mol. The van der Waals surface area contributed by atoms with Crippen LogP contribution in [-0.2, 0) is 11.3 Å². The number of carbonyl (C=O) groups excluding carboxylic acids is 1. The van der Waals surface area contributed by atoms with Crippen molar-refractivity contribution in [2.45, 2.75) is 27.3 Å². The number of hydrogen-bond donors (Lipinski definition) is 1. The van der Waals surface area contributed by atoms with E-state index in [-0.39, 0.29) is 18.1 Å². The summed E-state index contributed by atoms with van der Waals surface area (Å²) < 4.78 is 0. The first-order valence-corrected chi connectivity index (χ1v) is 5.33. The molecule has 0 unspecified atom stereocenters. The first kappa shape index (κ1) is 13.2. The molecule has 1 amide bonds. The lowest BCUT2D eigenvalue weighted by molar-refractivity contribution is -0.385. The van der Waals surface area contributed by atoms with Crippen LogP contribution in [-0.4, -0.2) is 10.8 Å². The van der Waals surface area contributed by atoms with Gasteiger partial charge < -0.3 is 5.32 Å². The Morgan fingerprint density at radius 1 is 1.35 bits per heavy atom. The molecule has 5 heteroatoms. The molecule has 0 aliphatic rings. The van der Waals surface area contributed by atoms with Gasteiger partial charge in [0.1, 0.15) is 0 Å². The van der Waals surface area contributed by atoms with Gasteiger partial charge in [0.15, 0.2) is 0 Å². The summed E-state index contributed by atoms with van der Waals surface area (Å²) in [5.41, 5.74) is 0.0422. The van der Waals surface area contributed by atoms with Gasteiger partial charge in [0, 0.05) is 23.6 Å². The van der Waals surface area contributed by atoms with Gasteiger partial charge in [-0.15, -0.1) is 0 Å². The van der Waals surface area contributed by atoms with Crippen LogP contribution in [0.15, 0.2) is 24.3 Å². The van der Waals surface area contributed by atoms with Gasteiger partial charge in [-0.1, -0.05) is 39.0 Å². The van der Waals surface area contributed by atoms with Gasteiger partial charge in [0.05, 0.1) is 4.92 Å². The van der Waals surface area contributed by atoms with Crippen molar-refractivity contribution in [2.75, 3.05) is 0 Å². The highest BCUT2D eigenvalue weighted by atomic mass is 16.6. The molecule has 0 saturated heterocycles. The van der Waals surface area contributed by atoms with E-state index in [1.54, 1.807) is 39.0 Å². The van der Waals surface area contributed by atoms with Crippen LogP contribution in [0.1, 0.15) is 26.3 Å². The Hall–Kier alpha value is -1.91. The van der Waals surface area contributed by atoms with Crippen molar-refractivity contribution in [3.8, 4) is 0 Å². The number of nitrogens with zero attached hydrogens (tertiary/aromatic N) is 1. The topological polar surface area (TPSA) is 72.2 Å². The van der Waals surface area contributed by atoms with E-state index in [0.717, 1.165) is 0 Å². The van der Waals surface area contributed by atoms with E-state index < -0.39 is 10.3 Å². The number of para-hydroxylation sites is 1. The van der Waals surface area contributed by atoms with Crippen LogP contribution in [0, 0.1) is 15.5 Å². The Morgan fingerprint density at radius 2 is 1.94 bits per heavy atom. The predicted molar refractivity (Wildman–Crippen MR) is 64.4 cm³/mol. The molecule has 0 radical (unpaired) electrons. The van der Waals surface area contributed by atoms with Crippen LogP contribution in [0.4, 0.5) is 5.69 Å². The van der Waals surface area contributed by atoms with E-state index >= 15 is 0 Å². The van der Waals surface area contributed by atoms with Gasteiger partial charge in [-0.2, -0.15) is 0 Å². The SMILES string of the molecule is CC(C)(C)C(=O)NCc1ccccc1[N+](=O)[O-]. The van der Waals surface area contributed by atoms with Crippen molar-refractivity contribution in [1.29, 1.82) is 0 Å². The molecular formula is C12H16N2O3. The molecule has 0 spiro atoms. The summed E-state index contributed by atoms with van der Waals surface area (Å²) in [6, 6.07) is 6.39. The van der Waals surface area contributed by atoms with Crippen LogP contribution in [0.2, 0.25) is 0 Å². The molecule has 1 rings (SSSR count). The van der Waals surface area contributed by atoms with Crippen molar-refractivity contribution in [3.05, 3.63) is 39.9 Å². The number of nitrogens with one attached hydrogen (secondary N) is 1. The molecule has 0 aliphatic heterocycles. The average Bonchev–Trinajstić information content (AvgIpc) is 2.24. The minimum atomic E-state index is -0.496. The van der Waals surface area contributed by atoms with E-state index in [2.05, 4.69) is 5.32 Å². The van der Waals surface area contributed by atoms with Crippen molar-refractivity contribution < 1.29 is 9.72 Å². The Kier molecular flexibility index (Phi) is 3.83. The molecule has 1 N–H and O–H groups in total. The fraction of sp³-hybridized carbons (Fsp3) is 0.417. The zero-order valence-corrected chi connectivity index (χ0v) is 10.2. The second kappa shape index (κ2) is 4.95. The van der Waals surface area contributed by atoms with Gasteiger partial charge in [-0.05, 0) is 0 Å². The summed E-state index contributed by atoms with van der Waals surface area (Å²) in [6.07, 6.45) is 0. The third kappa shape index (κ3) is 3.55. The quantitative estimate of drug-likeness (QED) is 0.646. The molecular weight excluding hydrogens is 220 g/mol. The van der Waals surface area contributed by atoms with Crippen molar-refractivity contribution in [1.82, 2.24) is 5.32 Å². The predicted octanol–water partition coefficient (Wildman–Crippen LogP) is 2.26. The lowest BCUT2D eigenvalue weighted by atomic mass is 9.95. The minimum absolute atomic E-state index is 0.0294. The first-order chi connectivity index (χ1) is 7.82. The zero-order chi connectivity index (χ0) is 13.1. The summed E-state index contributed by atoms with van der Waals surface area (Å²) in [5, 5.41) is 13.4. The van der Waals surface area contributed by atoms with Crippen LogP contribution in [0.3, 0.4) is 0 Å². The number of amides is 1. The van der Waals surface area contributed by atoms with Crippen molar-refractivity contribution >= 4 is 11.6 Å². The smallest absolute Gasteiger partial charge is 0.274 e. The summed E-state index contributed by atoms with van der Waals surface area (Å²) >= 11 is 0. The molecule has 0 heterocycles. The van der Waals surface area contributed by atoms with Crippen LogP contribution in [0.25, 0.3) is 0 Å². The van der Waals surface area contributed by atoms with Crippen LogP contribution >= 0.6 is 0 Å². The number of carbonyl (C=O) groups is 1. The van der Waals surface area contributed by atoms with Crippen molar-refractivity contribution in [2.24, 2.45) is 5.41 Å². The summed E-state index contributed by atoms with van der Waals surface area (Å²) in [4.78, 5) is 21.9. The summed E-state index contributed by atoms with van der Waals surface area (Å²) in [7, 11) is 0. The fourth-order valence-corrected chi connectivity index (χ4v) is 1.28. The Morgan fingerprint density at radius 3 is 2.47 bits per heavy atom. The third-order valence-electron chi connectivity index (χ3n) is 2.31. The second-order valence-electron chi connectivity index (χ2n) is 4.82. The fourth-order valence-electron chi connectivity index (χ4n) is 1.28. The standard InChI is InChI=1S/C12H16N2O3/c1-12(2,3)11(15)13-8-9-6-4-5-7-10(9)14(16)17/h4-7H,8H2,1-3H3,(H,13,15). The van der Waals surface area contributed by atoms with Crippen LogP contribution in [0.5, 0.6) is 0 Å². The van der Waals surface area contributed by atoms with E-state index in [1.807, 2.05) is 0 Å². The summed E-state index contributed by atoms with van der Waals surface area (Å²) in [5.74, 6) is -0.129. The summed E-state index contributed by atoms with van der Waals surface area (Å²) in [6.45, 7) is 5.55. The Balaban J connectivity index is 2.77. The lowest BCUT2D eigenvalue weighted by Crippen LogP contribution is -2.34. The van der Waals surface area contributed by atoms with Gasteiger partial charge in [0.2, 0.25) is 5.91 Å². The highest BCUT2D eigenvalue weighted by Gasteiger charge is 2.21. The van der Waals surface area contributed by atoms with Gasteiger partial charge in [-0.25, -0.2) is 0 Å². The second-order valence-corrected chi connectivity index (χ2v) is 4.82. The minimum Gasteiger partial charge on any atom is -0.351 e. The molecule has 17 heavy (non-hydrogen) atoms. The third-order valence-corrected chi connectivity index (χ3v) is 2.31.